The van der Waals surface area contributed by atoms with Gasteiger partial charge in [-0.2, -0.15) is 0 Å². The molecule has 3 heterocycles. The van der Waals surface area contributed by atoms with E-state index in [1.807, 2.05) is 43.3 Å². The minimum absolute atomic E-state index is 0.0463. The molecule has 0 spiro atoms. The van der Waals surface area contributed by atoms with Crippen LogP contribution in [0.2, 0.25) is 0 Å². The van der Waals surface area contributed by atoms with Gasteiger partial charge in [0, 0.05) is 23.7 Å². The summed E-state index contributed by atoms with van der Waals surface area (Å²) in [5.41, 5.74) is 1.22. The molecule has 4 rings (SSSR count). The first-order chi connectivity index (χ1) is 13.6. The van der Waals surface area contributed by atoms with Crippen LogP contribution in [0.5, 0.6) is 0 Å². The molecule has 1 atom stereocenters. The molecular formula is C21H21N3O3S. The van der Waals surface area contributed by atoms with E-state index in [4.69, 9.17) is 4.42 Å². The molecule has 0 aliphatic carbocycles. The van der Waals surface area contributed by atoms with Crippen molar-refractivity contribution in [1.82, 2.24) is 9.88 Å². The summed E-state index contributed by atoms with van der Waals surface area (Å²) in [5.74, 6) is 0.269. The zero-order chi connectivity index (χ0) is 19.5. The molecule has 1 saturated heterocycles. The summed E-state index contributed by atoms with van der Waals surface area (Å²) in [6, 6.07) is 13.0. The quantitative estimate of drug-likeness (QED) is 0.718. The molecule has 7 heteroatoms. The maximum atomic E-state index is 13.0. The van der Waals surface area contributed by atoms with Crippen LogP contribution in [0.1, 0.15) is 28.2 Å². The highest BCUT2D eigenvalue weighted by Crippen LogP contribution is 2.29. The third kappa shape index (κ3) is 3.84. The Kier molecular flexibility index (Phi) is 5.25. The average Bonchev–Trinajstić information content (AvgIpc) is 3.38. The largest absolute Gasteiger partial charge is 0.462 e. The van der Waals surface area contributed by atoms with Crippen molar-refractivity contribution >= 4 is 28.8 Å². The van der Waals surface area contributed by atoms with Gasteiger partial charge in [-0.15, -0.1) is 11.3 Å². The highest BCUT2D eigenvalue weighted by Gasteiger charge is 2.31. The SMILES string of the molecule is Cc1sc(-c2ccco2)nc1C(=O)N1CCCC(C(=O)Nc2ccccc2)C1. The lowest BCUT2D eigenvalue weighted by molar-refractivity contribution is -0.121. The van der Waals surface area contributed by atoms with Gasteiger partial charge < -0.3 is 14.6 Å². The van der Waals surface area contributed by atoms with Gasteiger partial charge in [0.05, 0.1) is 12.2 Å². The Morgan fingerprint density at radius 2 is 2.04 bits per heavy atom. The molecule has 1 aromatic carbocycles. The number of rotatable bonds is 4. The van der Waals surface area contributed by atoms with Gasteiger partial charge >= 0.3 is 0 Å². The van der Waals surface area contributed by atoms with E-state index < -0.39 is 0 Å². The van der Waals surface area contributed by atoms with Gasteiger partial charge in [0.2, 0.25) is 5.91 Å². The molecular weight excluding hydrogens is 374 g/mol. The second kappa shape index (κ2) is 7.98. The normalized spacial score (nSPS) is 16.8. The van der Waals surface area contributed by atoms with Crippen molar-refractivity contribution in [2.75, 3.05) is 18.4 Å². The van der Waals surface area contributed by atoms with E-state index in [1.54, 1.807) is 17.2 Å². The zero-order valence-corrected chi connectivity index (χ0v) is 16.4. The Labute approximate surface area is 167 Å². The number of nitrogens with one attached hydrogen (secondary N) is 1. The van der Waals surface area contributed by atoms with Gasteiger partial charge in [-0.05, 0) is 44.0 Å². The van der Waals surface area contributed by atoms with Crippen LogP contribution in [-0.4, -0.2) is 34.8 Å². The Morgan fingerprint density at radius 1 is 1.21 bits per heavy atom. The second-order valence-electron chi connectivity index (χ2n) is 6.85. The van der Waals surface area contributed by atoms with Gasteiger partial charge in [-0.1, -0.05) is 18.2 Å². The number of thiazole rings is 1. The zero-order valence-electron chi connectivity index (χ0n) is 15.6. The van der Waals surface area contributed by atoms with E-state index >= 15 is 0 Å². The van der Waals surface area contributed by atoms with Gasteiger partial charge in [-0.3, -0.25) is 9.59 Å². The minimum atomic E-state index is -0.221. The van der Waals surface area contributed by atoms with Crippen molar-refractivity contribution in [3.8, 4) is 10.8 Å². The third-order valence-electron chi connectivity index (χ3n) is 4.85. The van der Waals surface area contributed by atoms with Gasteiger partial charge in [0.25, 0.3) is 5.91 Å². The maximum absolute atomic E-state index is 13.0. The van der Waals surface area contributed by atoms with E-state index in [9.17, 15) is 9.59 Å². The van der Waals surface area contributed by atoms with Crippen LogP contribution in [0.4, 0.5) is 5.69 Å². The molecule has 1 aliphatic heterocycles. The van der Waals surface area contributed by atoms with Crippen LogP contribution in [0.25, 0.3) is 10.8 Å². The minimum Gasteiger partial charge on any atom is -0.462 e. The maximum Gasteiger partial charge on any atom is 0.273 e. The van der Waals surface area contributed by atoms with Gasteiger partial charge in [0.15, 0.2) is 10.8 Å². The molecule has 3 aromatic rings. The number of nitrogens with zero attached hydrogens (tertiary/aromatic N) is 2. The summed E-state index contributed by atoms with van der Waals surface area (Å²) in [6.07, 6.45) is 3.16. The smallest absolute Gasteiger partial charge is 0.273 e. The van der Waals surface area contributed by atoms with Crippen LogP contribution in [0, 0.1) is 12.8 Å². The number of para-hydroxylation sites is 1. The first kappa shape index (κ1) is 18.4. The summed E-state index contributed by atoms with van der Waals surface area (Å²) in [7, 11) is 0. The predicted octanol–water partition coefficient (Wildman–Crippen LogP) is 4.20. The van der Waals surface area contributed by atoms with Crippen LogP contribution in [0.15, 0.2) is 53.1 Å². The summed E-state index contributed by atoms with van der Waals surface area (Å²) in [5, 5.41) is 3.64. The summed E-state index contributed by atoms with van der Waals surface area (Å²) < 4.78 is 5.39. The number of hydrogen-bond acceptors (Lipinski definition) is 5. The number of anilines is 1. The van der Waals surface area contributed by atoms with Crippen molar-refractivity contribution in [2.45, 2.75) is 19.8 Å². The number of aryl methyl sites for hydroxylation is 1. The number of carbonyl (C=O) groups excluding carboxylic acids is 2. The molecule has 0 radical (unpaired) electrons. The number of aromatic nitrogens is 1. The third-order valence-corrected chi connectivity index (χ3v) is 5.84. The van der Waals surface area contributed by atoms with Gasteiger partial charge in [0.1, 0.15) is 5.69 Å². The monoisotopic (exact) mass is 395 g/mol. The Bertz CT molecular complexity index is 966. The molecule has 2 aromatic heterocycles. The highest BCUT2D eigenvalue weighted by molar-refractivity contribution is 7.15. The predicted molar refractivity (Wildman–Crippen MR) is 108 cm³/mol. The fourth-order valence-corrected chi connectivity index (χ4v) is 4.27. The lowest BCUT2D eigenvalue weighted by Crippen LogP contribution is -2.44. The number of likely N-dealkylation sites (tertiary alicyclic amines) is 1. The highest BCUT2D eigenvalue weighted by atomic mass is 32.1. The fourth-order valence-electron chi connectivity index (χ4n) is 3.39. The molecule has 2 amide bonds. The number of carbonyl (C=O) groups is 2. The summed E-state index contributed by atoms with van der Waals surface area (Å²) in [6.45, 7) is 2.94. The number of furan rings is 1. The molecule has 1 unspecified atom stereocenters. The second-order valence-corrected chi connectivity index (χ2v) is 8.05. The standard InChI is InChI=1S/C21H21N3O3S/c1-14-18(23-20(28-14)17-10-6-12-27-17)21(26)24-11-5-7-15(13-24)19(25)22-16-8-3-2-4-9-16/h2-4,6,8-10,12,15H,5,7,11,13H2,1H3,(H,22,25). The van der Waals surface area contributed by atoms with Gasteiger partial charge in [-0.25, -0.2) is 4.98 Å². The molecule has 1 fully saturated rings. The molecule has 1 N–H and O–H groups in total. The number of amides is 2. The molecule has 1 aliphatic rings. The van der Waals surface area contributed by atoms with Crippen molar-refractivity contribution in [2.24, 2.45) is 5.92 Å². The molecule has 0 saturated carbocycles. The summed E-state index contributed by atoms with van der Waals surface area (Å²) >= 11 is 1.44. The Hall–Kier alpha value is -2.93. The number of benzene rings is 1. The van der Waals surface area contributed by atoms with E-state index in [-0.39, 0.29) is 17.7 Å². The van der Waals surface area contributed by atoms with Crippen molar-refractivity contribution in [3.05, 3.63) is 59.3 Å². The first-order valence-corrected chi connectivity index (χ1v) is 10.1. The van der Waals surface area contributed by atoms with Crippen molar-refractivity contribution in [1.29, 1.82) is 0 Å². The fraction of sp³-hybridized carbons (Fsp3) is 0.286. The van der Waals surface area contributed by atoms with E-state index in [0.717, 1.165) is 23.4 Å². The molecule has 144 valence electrons. The van der Waals surface area contributed by atoms with Crippen molar-refractivity contribution in [3.63, 3.8) is 0 Å². The Balaban J connectivity index is 1.46. The number of piperidine rings is 1. The van der Waals surface area contributed by atoms with E-state index in [0.29, 0.717) is 29.6 Å². The molecule has 0 bridgehead atoms. The van der Waals surface area contributed by atoms with Crippen molar-refractivity contribution < 1.29 is 14.0 Å². The lowest BCUT2D eigenvalue weighted by Gasteiger charge is -2.31. The average molecular weight is 395 g/mol. The van der Waals surface area contributed by atoms with E-state index in [2.05, 4.69) is 10.3 Å². The Morgan fingerprint density at radius 3 is 2.79 bits per heavy atom. The van der Waals surface area contributed by atoms with Crippen LogP contribution in [-0.2, 0) is 4.79 Å². The van der Waals surface area contributed by atoms with Crippen LogP contribution < -0.4 is 5.32 Å². The topological polar surface area (TPSA) is 75.4 Å². The molecule has 28 heavy (non-hydrogen) atoms. The molecule has 6 nitrogen and oxygen atoms in total. The number of hydrogen-bond donors (Lipinski definition) is 1. The lowest BCUT2D eigenvalue weighted by atomic mass is 9.96. The summed E-state index contributed by atoms with van der Waals surface area (Å²) in [4.78, 5) is 32.8. The van der Waals surface area contributed by atoms with Crippen LogP contribution >= 0.6 is 11.3 Å². The van der Waals surface area contributed by atoms with E-state index in [1.165, 1.54) is 11.3 Å². The first-order valence-electron chi connectivity index (χ1n) is 9.28. The van der Waals surface area contributed by atoms with Crippen LogP contribution in [0.3, 0.4) is 0 Å².